The fraction of sp³-hybridized carbons (Fsp3) is 0.0714. The van der Waals surface area contributed by atoms with Crippen LogP contribution in [0.3, 0.4) is 0 Å². The number of aromatic carboxylic acids is 1. The topological polar surface area (TPSA) is 46.5 Å². The third-order valence-electron chi connectivity index (χ3n) is 2.55. The third kappa shape index (κ3) is 3.09. The molecule has 0 aliphatic heterocycles. The van der Waals surface area contributed by atoms with E-state index in [1.54, 1.807) is 0 Å². The summed E-state index contributed by atoms with van der Waals surface area (Å²) in [5.74, 6) is -4.00. The van der Waals surface area contributed by atoms with Gasteiger partial charge >= 0.3 is 5.97 Å². The number of rotatable bonds is 4. The summed E-state index contributed by atoms with van der Waals surface area (Å²) in [5, 5.41) is 8.77. The molecule has 6 heteroatoms. The van der Waals surface area contributed by atoms with E-state index in [1.807, 2.05) is 0 Å². The molecule has 2 aromatic rings. The lowest BCUT2D eigenvalue weighted by atomic mass is 10.1. The normalized spacial score (nSPS) is 10.3. The van der Waals surface area contributed by atoms with Crippen LogP contribution in [-0.2, 0) is 6.61 Å². The van der Waals surface area contributed by atoms with E-state index in [4.69, 9.17) is 9.84 Å². The molecule has 0 spiro atoms. The molecule has 0 bridgehead atoms. The standard InChI is InChI=1S/C14H9F3O3/c15-9-2-4-12(17)13(6-9)20-7-8-1-3-11(16)10(5-8)14(18)19/h1-6H,7H2,(H,18,19). The SMILES string of the molecule is O=C(O)c1cc(COc2cc(F)ccc2F)ccc1F. The summed E-state index contributed by atoms with van der Waals surface area (Å²) in [6.07, 6.45) is 0. The molecule has 0 fully saturated rings. The van der Waals surface area contributed by atoms with Crippen LogP contribution in [0.5, 0.6) is 5.75 Å². The highest BCUT2D eigenvalue weighted by molar-refractivity contribution is 5.88. The van der Waals surface area contributed by atoms with E-state index in [1.165, 1.54) is 6.07 Å². The summed E-state index contributed by atoms with van der Waals surface area (Å²) < 4.78 is 44.4. The Kier molecular flexibility index (Phi) is 3.93. The quantitative estimate of drug-likeness (QED) is 0.935. The van der Waals surface area contributed by atoms with E-state index in [2.05, 4.69) is 0 Å². The minimum atomic E-state index is -1.42. The number of carbonyl (C=O) groups is 1. The molecular weight excluding hydrogens is 273 g/mol. The average Bonchev–Trinajstić information content (AvgIpc) is 2.41. The number of ether oxygens (including phenoxy) is 1. The van der Waals surface area contributed by atoms with Gasteiger partial charge in [-0.3, -0.25) is 0 Å². The molecule has 0 atom stereocenters. The highest BCUT2D eigenvalue weighted by atomic mass is 19.1. The van der Waals surface area contributed by atoms with Crippen LogP contribution in [0.4, 0.5) is 13.2 Å². The highest BCUT2D eigenvalue weighted by Gasteiger charge is 2.11. The average molecular weight is 282 g/mol. The van der Waals surface area contributed by atoms with E-state index in [0.29, 0.717) is 5.56 Å². The maximum Gasteiger partial charge on any atom is 0.338 e. The van der Waals surface area contributed by atoms with Crippen molar-refractivity contribution in [2.75, 3.05) is 0 Å². The molecule has 0 heterocycles. The predicted molar refractivity (Wildman–Crippen MR) is 64.0 cm³/mol. The molecule has 20 heavy (non-hydrogen) atoms. The van der Waals surface area contributed by atoms with Gasteiger partial charge in [-0.2, -0.15) is 0 Å². The molecular formula is C14H9F3O3. The van der Waals surface area contributed by atoms with Crippen LogP contribution in [0.2, 0.25) is 0 Å². The van der Waals surface area contributed by atoms with Crippen molar-refractivity contribution in [3.8, 4) is 5.75 Å². The molecule has 2 aromatic carbocycles. The van der Waals surface area contributed by atoms with E-state index in [-0.39, 0.29) is 12.4 Å². The van der Waals surface area contributed by atoms with Gasteiger partial charge in [0.25, 0.3) is 0 Å². The molecule has 0 saturated heterocycles. The summed E-state index contributed by atoms with van der Waals surface area (Å²) in [6.45, 7) is -0.207. The highest BCUT2D eigenvalue weighted by Crippen LogP contribution is 2.20. The monoisotopic (exact) mass is 282 g/mol. The molecule has 0 unspecified atom stereocenters. The minimum Gasteiger partial charge on any atom is -0.486 e. The smallest absolute Gasteiger partial charge is 0.338 e. The van der Waals surface area contributed by atoms with Crippen LogP contribution < -0.4 is 4.74 Å². The summed E-state index contributed by atoms with van der Waals surface area (Å²) in [5.41, 5.74) is -0.182. The van der Waals surface area contributed by atoms with E-state index < -0.39 is 29.0 Å². The summed E-state index contributed by atoms with van der Waals surface area (Å²) in [7, 11) is 0. The second-order valence-corrected chi connectivity index (χ2v) is 3.98. The van der Waals surface area contributed by atoms with Gasteiger partial charge in [0.2, 0.25) is 0 Å². The lowest BCUT2D eigenvalue weighted by Gasteiger charge is -2.08. The Morgan fingerprint density at radius 2 is 1.75 bits per heavy atom. The molecule has 1 N–H and O–H groups in total. The van der Waals surface area contributed by atoms with Gasteiger partial charge in [0.1, 0.15) is 18.2 Å². The van der Waals surface area contributed by atoms with Gasteiger partial charge in [0.05, 0.1) is 5.56 Å². The summed E-state index contributed by atoms with van der Waals surface area (Å²) in [6, 6.07) is 6.09. The van der Waals surface area contributed by atoms with Crippen molar-refractivity contribution in [1.82, 2.24) is 0 Å². The first-order chi connectivity index (χ1) is 9.47. The molecule has 104 valence electrons. The van der Waals surface area contributed by atoms with Gasteiger partial charge in [-0.25, -0.2) is 18.0 Å². The Hall–Kier alpha value is -2.50. The van der Waals surface area contributed by atoms with Gasteiger partial charge < -0.3 is 9.84 Å². The zero-order valence-electron chi connectivity index (χ0n) is 10.1. The van der Waals surface area contributed by atoms with Gasteiger partial charge in [-0.1, -0.05) is 6.07 Å². The molecule has 0 amide bonds. The molecule has 0 saturated carbocycles. The molecule has 2 rings (SSSR count). The Morgan fingerprint density at radius 3 is 2.45 bits per heavy atom. The van der Waals surface area contributed by atoms with Crippen molar-refractivity contribution in [2.24, 2.45) is 0 Å². The van der Waals surface area contributed by atoms with Crippen molar-refractivity contribution >= 4 is 5.97 Å². The molecule has 3 nitrogen and oxygen atoms in total. The second kappa shape index (κ2) is 5.64. The lowest BCUT2D eigenvalue weighted by molar-refractivity contribution is 0.0691. The Balaban J connectivity index is 2.17. The number of benzene rings is 2. The van der Waals surface area contributed by atoms with Crippen molar-refractivity contribution in [2.45, 2.75) is 6.61 Å². The maximum absolute atomic E-state index is 13.3. The Labute approximate surface area is 112 Å². The van der Waals surface area contributed by atoms with Gasteiger partial charge in [-0.15, -0.1) is 0 Å². The zero-order chi connectivity index (χ0) is 14.7. The van der Waals surface area contributed by atoms with Crippen molar-refractivity contribution in [1.29, 1.82) is 0 Å². The number of halogens is 3. The number of carboxylic acids is 1. The third-order valence-corrected chi connectivity index (χ3v) is 2.55. The molecule has 0 aromatic heterocycles. The van der Waals surface area contributed by atoms with Crippen molar-refractivity contribution < 1.29 is 27.8 Å². The Morgan fingerprint density at radius 1 is 1.05 bits per heavy atom. The largest absolute Gasteiger partial charge is 0.486 e. The van der Waals surface area contributed by atoms with Gasteiger partial charge in [-0.05, 0) is 29.8 Å². The van der Waals surface area contributed by atoms with Crippen LogP contribution in [0.25, 0.3) is 0 Å². The molecule has 0 radical (unpaired) electrons. The number of carboxylic acid groups (broad SMARTS) is 1. The van der Waals surface area contributed by atoms with Crippen LogP contribution in [0.15, 0.2) is 36.4 Å². The minimum absolute atomic E-state index is 0.207. The number of hydrogen-bond acceptors (Lipinski definition) is 2. The van der Waals surface area contributed by atoms with E-state index >= 15 is 0 Å². The zero-order valence-corrected chi connectivity index (χ0v) is 10.1. The van der Waals surface area contributed by atoms with Crippen molar-refractivity contribution in [3.63, 3.8) is 0 Å². The van der Waals surface area contributed by atoms with E-state index in [0.717, 1.165) is 30.3 Å². The first-order valence-corrected chi connectivity index (χ1v) is 5.57. The lowest BCUT2D eigenvalue weighted by Crippen LogP contribution is -2.04. The molecule has 0 aliphatic rings. The Bertz CT molecular complexity index is 656. The summed E-state index contributed by atoms with van der Waals surface area (Å²) in [4.78, 5) is 10.8. The second-order valence-electron chi connectivity index (χ2n) is 3.98. The first-order valence-electron chi connectivity index (χ1n) is 5.57. The van der Waals surface area contributed by atoms with Crippen LogP contribution in [0, 0.1) is 17.5 Å². The fourth-order valence-electron chi connectivity index (χ4n) is 1.57. The summed E-state index contributed by atoms with van der Waals surface area (Å²) >= 11 is 0. The molecule has 0 aliphatic carbocycles. The van der Waals surface area contributed by atoms with Crippen LogP contribution >= 0.6 is 0 Å². The predicted octanol–water partition coefficient (Wildman–Crippen LogP) is 3.38. The van der Waals surface area contributed by atoms with Crippen LogP contribution in [-0.4, -0.2) is 11.1 Å². The first kappa shape index (κ1) is 13.9. The fourth-order valence-corrected chi connectivity index (χ4v) is 1.57. The van der Waals surface area contributed by atoms with Crippen molar-refractivity contribution in [3.05, 3.63) is 65.0 Å². The van der Waals surface area contributed by atoms with E-state index in [9.17, 15) is 18.0 Å². The van der Waals surface area contributed by atoms with Crippen LogP contribution in [0.1, 0.15) is 15.9 Å². The maximum atomic E-state index is 13.3. The van der Waals surface area contributed by atoms with Gasteiger partial charge in [0.15, 0.2) is 11.6 Å². The number of hydrogen-bond donors (Lipinski definition) is 1. The van der Waals surface area contributed by atoms with Gasteiger partial charge in [0, 0.05) is 6.07 Å².